The lowest BCUT2D eigenvalue weighted by molar-refractivity contribution is -0.122. The standard InChI is InChI=1S/C17H23N3O/c1-4-17(10-5-11-19-17)15(21)20-14-8-6-13(7-9-14)16(2,3)12-18/h6-9,19H,4-5,10-11H2,1-3H3,(H,20,21). The highest BCUT2D eigenvalue weighted by molar-refractivity contribution is 5.98. The number of nitrogens with zero attached hydrogens (tertiary/aromatic N) is 1. The Morgan fingerprint density at radius 1 is 1.43 bits per heavy atom. The van der Waals surface area contributed by atoms with Gasteiger partial charge in [0.1, 0.15) is 0 Å². The maximum Gasteiger partial charge on any atom is 0.244 e. The average Bonchev–Trinajstić information content (AvgIpc) is 2.98. The lowest BCUT2D eigenvalue weighted by atomic mass is 9.86. The number of amides is 1. The van der Waals surface area contributed by atoms with Crippen LogP contribution in [-0.2, 0) is 10.2 Å². The van der Waals surface area contributed by atoms with E-state index < -0.39 is 11.0 Å². The van der Waals surface area contributed by atoms with Crippen molar-refractivity contribution in [1.29, 1.82) is 5.26 Å². The molecule has 0 radical (unpaired) electrons. The van der Waals surface area contributed by atoms with Crippen LogP contribution < -0.4 is 10.6 Å². The summed E-state index contributed by atoms with van der Waals surface area (Å²) >= 11 is 0. The molecule has 0 aliphatic carbocycles. The fourth-order valence-electron chi connectivity index (χ4n) is 2.75. The Hall–Kier alpha value is -1.86. The molecule has 1 aliphatic rings. The van der Waals surface area contributed by atoms with E-state index in [2.05, 4.69) is 16.7 Å². The molecule has 1 aromatic carbocycles. The zero-order valence-corrected chi connectivity index (χ0v) is 13.0. The number of rotatable bonds is 4. The first-order valence-corrected chi connectivity index (χ1v) is 7.52. The first-order chi connectivity index (χ1) is 9.93. The second kappa shape index (κ2) is 5.87. The van der Waals surface area contributed by atoms with Crippen LogP contribution in [-0.4, -0.2) is 18.0 Å². The summed E-state index contributed by atoms with van der Waals surface area (Å²) in [5.41, 5.74) is 0.788. The Bertz CT molecular complexity index is 548. The van der Waals surface area contributed by atoms with Crippen molar-refractivity contribution in [2.24, 2.45) is 0 Å². The molecule has 2 rings (SSSR count). The first-order valence-electron chi connectivity index (χ1n) is 7.52. The number of nitrogens with one attached hydrogen (secondary N) is 2. The van der Waals surface area contributed by atoms with E-state index in [4.69, 9.17) is 5.26 Å². The molecule has 112 valence electrons. The van der Waals surface area contributed by atoms with Crippen LogP contribution in [0.2, 0.25) is 0 Å². The third-order valence-corrected chi connectivity index (χ3v) is 4.43. The minimum absolute atomic E-state index is 0.0368. The Kier molecular flexibility index (Phi) is 4.34. The van der Waals surface area contributed by atoms with Gasteiger partial charge >= 0.3 is 0 Å². The van der Waals surface area contributed by atoms with Crippen molar-refractivity contribution in [3.63, 3.8) is 0 Å². The normalized spacial score (nSPS) is 21.8. The minimum atomic E-state index is -0.514. The number of carbonyl (C=O) groups is 1. The zero-order valence-electron chi connectivity index (χ0n) is 13.0. The van der Waals surface area contributed by atoms with Gasteiger partial charge in [0, 0.05) is 5.69 Å². The van der Waals surface area contributed by atoms with Crippen molar-refractivity contribution in [3.8, 4) is 6.07 Å². The van der Waals surface area contributed by atoms with Gasteiger partial charge in [-0.2, -0.15) is 5.26 Å². The van der Waals surface area contributed by atoms with E-state index in [-0.39, 0.29) is 5.91 Å². The second-order valence-corrected chi connectivity index (χ2v) is 6.23. The predicted molar refractivity (Wildman–Crippen MR) is 84.0 cm³/mol. The molecule has 1 heterocycles. The summed E-state index contributed by atoms with van der Waals surface area (Å²) < 4.78 is 0. The maximum atomic E-state index is 12.5. The van der Waals surface area contributed by atoms with Crippen LogP contribution >= 0.6 is 0 Å². The molecule has 1 atom stereocenters. The predicted octanol–water partition coefficient (Wildman–Crippen LogP) is 2.96. The molecular weight excluding hydrogens is 262 g/mol. The molecule has 0 spiro atoms. The van der Waals surface area contributed by atoms with E-state index in [0.717, 1.165) is 37.1 Å². The topological polar surface area (TPSA) is 64.9 Å². The van der Waals surface area contributed by atoms with Gasteiger partial charge in [0.15, 0.2) is 0 Å². The number of carbonyl (C=O) groups excluding carboxylic acids is 1. The largest absolute Gasteiger partial charge is 0.324 e. The van der Waals surface area contributed by atoms with Crippen molar-refractivity contribution in [2.75, 3.05) is 11.9 Å². The highest BCUT2D eigenvalue weighted by Gasteiger charge is 2.39. The van der Waals surface area contributed by atoms with E-state index in [0.29, 0.717) is 0 Å². The Morgan fingerprint density at radius 3 is 2.57 bits per heavy atom. The van der Waals surface area contributed by atoms with Gasteiger partial charge in [-0.05, 0) is 57.4 Å². The number of hydrogen-bond donors (Lipinski definition) is 2. The number of benzene rings is 1. The van der Waals surface area contributed by atoms with E-state index in [1.807, 2.05) is 45.0 Å². The van der Waals surface area contributed by atoms with E-state index >= 15 is 0 Å². The first kappa shape index (κ1) is 15.5. The summed E-state index contributed by atoms with van der Waals surface area (Å²) in [5, 5.41) is 15.5. The van der Waals surface area contributed by atoms with Crippen LogP contribution in [0.25, 0.3) is 0 Å². The molecule has 1 amide bonds. The number of nitriles is 1. The van der Waals surface area contributed by atoms with Gasteiger partial charge in [0.25, 0.3) is 0 Å². The summed E-state index contributed by atoms with van der Waals surface area (Å²) in [5.74, 6) is 0.0368. The lowest BCUT2D eigenvalue weighted by Gasteiger charge is -2.26. The summed E-state index contributed by atoms with van der Waals surface area (Å²) in [6.45, 7) is 6.71. The summed E-state index contributed by atoms with van der Waals surface area (Å²) in [4.78, 5) is 12.5. The quantitative estimate of drug-likeness (QED) is 0.894. The Balaban J connectivity index is 2.11. The van der Waals surface area contributed by atoms with Gasteiger partial charge < -0.3 is 10.6 Å². The van der Waals surface area contributed by atoms with Crippen LogP contribution in [0.5, 0.6) is 0 Å². The minimum Gasteiger partial charge on any atom is -0.324 e. The smallest absolute Gasteiger partial charge is 0.244 e. The van der Waals surface area contributed by atoms with Crippen molar-refractivity contribution in [3.05, 3.63) is 29.8 Å². The Labute approximate surface area is 126 Å². The van der Waals surface area contributed by atoms with Gasteiger partial charge in [-0.1, -0.05) is 19.1 Å². The molecule has 1 fully saturated rings. The SMILES string of the molecule is CCC1(C(=O)Nc2ccc(C(C)(C)C#N)cc2)CCCN1. The van der Waals surface area contributed by atoms with Crippen molar-refractivity contribution in [2.45, 2.75) is 51.0 Å². The van der Waals surface area contributed by atoms with Gasteiger partial charge in [-0.25, -0.2) is 0 Å². The number of hydrogen-bond acceptors (Lipinski definition) is 3. The van der Waals surface area contributed by atoms with Gasteiger partial charge in [0.2, 0.25) is 5.91 Å². The van der Waals surface area contributed by atoms with Gasteiger partial charge in [-0.15, -0.1) is 0 Å². The Morgan fingerprint density at radius 2 is 2.10 bits per heavy atom. The summed E-state index contributed by atoms with van der Waals surface area (Å²) in [7, 11) is 0. The molecule has 21 heavy (non-hydrogen) atoms. The van der Waals surface area contributed by atoms with E-state index in [9.17, 15) is 4.79 Å². The molecule has 0 bridgehead atoms. The summed E-state index contributed by atoms with van der Waals surface area (Å²) in [6, 6.07) is 9.82. The molecule has 4 nitrogen and oxygen atoms in total. The van der Waals surface area contributed by atoms with Crippen molar-refractivity contribution in [1.82, 2.24) is 5.32 Å². The molecule has 0 saturated carbocycles. The molecule has 1 unspecified atom stereocenters. The molecular formula is C17H23N3O. The average molecular weight is 285 g/mol. The third kappa shape index (κ3) is 3.08. The van der Waals surface area contributed by atoms with Crippen molar-refractivity contribution < 1.29 is 4.79 Å². The second-order valence-electron chi connectivity index (χ2n) is 6.23. The molecule has 1 aromatic rings. The maximum absolute atomic E-state index is 12.5. The summed E-state index contributed by atoms with van der Waals surface area (Å²) in [6.07, 6.45) is 2.71. The lowest BCUT2D eigenvalue weighted by Crippen LogP contribution is -2.50. The third-order valence-electron chi connectivity index (χ3n) is 4.43. The molecule has 1 aliphatic heterocycles. The molecule has 2 N–H and O–H groups in total. The number of anilines is 1. The van der Waals surface area contributed by atoms with E-state index in [1.165, 1.54) is 0 Å². The fourth-order valence-corrected chi connectivity index (χ4v) is 2.75. The molecule has 1 saturated heterocycles. The van der Waals surface area contributed by atoms with Crippen LogP contribution in [0.3, 0.4) is 0 Å². The fraction of sp³-hybridized carbons (Fsp3) is 0.529. The van der Waals surface area contributed by atoms with Gasteiger partial charge in [-0.3, -0.25) is 4.79 Å². The molecule has 0 aromatic heterocycles. The van der Waals surface area contributed by atoms with E-state index in [1.54, 1.807) is 0 Å². The highest BCUT2D eigenvalue weighted by Crippen LogP contribution is 2.26. The highest BCUT2D eigenvalue weighted by atomic mass is 16.2. The zero-order chi connectivity index (χ0) is 15.5. The monoisotopic (exact) mass is 285 g/mol. The van der Waals surface area contributed by atoms with Crippen LogP contribution in [0.4, 0.5) is 5.69 Å². The van der Waals surface area contributed by atoms with Crippen LogP contribution in [0.15, 0.2) is 24.3 Å². The van der Waals surface area contributed by atoms with Gasteiger partial charge in [0.05, 0.1) is 17.0 Å². The molecule has 4 heteroatoms. The van der Waals surface area contributed by atoms with Crippen LogP contribution in [0.1, 0.15) is 45.6 Å². The van der Waals surface area contributed by atoms with Crippen molar-refractivity contribution >= 4 is 11.6 Å². The van der Waals surface area contributed by atoms with Crippen LogP contribution in [0, 0.1) is 11.3 Å².